The second-order valence-electron chi connectivity index (χ2n) is 8.31. The van der Waals surface area contributed by atoms with Crippen molar-refractivity contribution in [2.24, 2.45) is 0 Å². The normalized spacial score (nSPS) is 26.0. The van der Waals surface area contributed by atoms with Gasteiger partial charge in [0.1, 0.15) is 24.7 Å². The highest BCUT2D eigenvalue weighted by Gasteiger charge is 2.50. The van der Waals surface area contributed by atoms with Crippen LogP contribution in [-0.2, 0) is 5.41 Å². The van der Waals surface area contributed by atoms with E-state index in [1.54, 1.807) is 13.8 Å². The SMILES string of the molecule is CC(O)COc1c2c(c(OCC(C)O)c3ccccc13)C1(C)CCC2C1. The van der Waals surface area contributed by atoms with Gasteiger partial charge in [0.2, 0.25) is 0 Å². The minimum absolute atomic E-state index is 0.0982. The first-order valence-corrected chi connectivity index (χ1v) is 9.61. The molecular formula is C22H28O4. The Kier molecular flexibility index (Phi) is 4.36. The van der Waals surface area contributed by atoms with Crippen LogP contribution in [0.15, 0.2) is 24.3 Å². The molecule has 0 radical (unpaired) electrons. The Hall–Kier alpha value is -1.78. The molecule has 0 heterocycles. The third kappa shape index (κ3) is 2.76. The van der Waals surface area contributed by atoms with Crippen molar-refractivity contribution in [3.63, 3.8) is 0 Å². The van der Waals surface area contributed by atoms with E-state index < -0.39 is 12.2 Å². The number of ether oxygens (including phenoxy) is 2. The third-order valence-electron chi connectivity index (χ3n) is 5.85. The monoisotopic (exact) mass is 356 g/mol. The van der Waals surface area contributed by atoms with Crippen LogP contribution in [0.3, 0.4) is 0 Å². The maximum Gasteiger partial charge on any atom is 0.131 e. The molecule has 0 saturated heterocycles. The van der Waals surface area contributed by atoms with Crippen LogP contribution < -0.4 is 9.47 Å². The maximum absolute atomic E-state index is 9.75. The summed E-state index contributed by atoms with van der Waals surface area (Å²) in [5.74, 6) is 2.30. The van der Waals surface area contributed by atoms with Gasteiger partial charge in [-0.2, -0.15) is 0 Å². The van der Waals surface area contributed by atoms with Gasteiger partial charge in [0.15, 0.2) is 0 Å². The summed E-state index contributed by atoms with van der Waals surface area (Å²) in [6.45, 7) is 6.38. The largest absolute Gasteiger partial charge is 0.490 e. The Morgan fingerprint density at radius 2 is 1.62 bits per heavy atom. The highest BCUT2D eigenvalue weighted by molar-refractivity contribution is 5.97. The lowest BCUT2D eigenvalue weighted by molar-refractivity contribution is 0.120. The van der Waals surface area contributed by atoms with E-state index in [2.05, 4.69) is 19.1 Å². The molecule has 2 aliphatic carbocycles. The Labute approximate surface area is 154 Å². The van der Waals surface area contributed by atoms with E-state index in [1.165, 1.54) is 17.5 Å². The smallest absolute Gasteiger partial charge is 0.131 e. The number of aliphatic hydroxyl groups excluding tert-OH is 2. The van der Waals surface area contributed by atoms with Gasteiger partial charge in [-0.05, 0) is 44.4 Å². The number of fused-ring (bicyclic) bond motifs is 6. The van der Waals surface area contributed by atoms with Crippen LogP contribution in [0.5, 0.6) is 11.5 Å². The molecule has 4 heteroatoms. The molecule has 0 spiro atoms. The molecule has 0 aliphatic heterocycles. The quantitative estimate of drug-likeness (QED) is 0.824. The van der Waals surface area contributed by atoms with Crippen molar-refractivity contribution in [2.75, 3.05) is 13.2 Å². The van der Waals surface area contributed by atoms with Crippen LogP contribution in [0, 0.1) is 0 Å². The zero-order valence-electron chi connectivity index (χ0n) is 15.8. The fraction of sp³-hybridized carbons (Fsp3) is 0.545. The number of hydrogen-bond acceptors (Lipinski definition) is 4. The van der Waals surface area contributed by atoms with Crippen molar-refractivity contribution in [1.29, 1.82) is 0 Å². The van der Waals surface area contributed by atoms with E-state index in [9.17, 15) is 10.2 Å². The second kappa shape index (κ2) is 6.43. The Balaban J connectivity index is 1.95. The molecule has 2 bridgehead atoms. The van der Waals surface area contributed by atoms with Gasteiger partial charge in [0.05, 0.1) is 12.2 Å². The average molecular weight is 356 g/mol. The lowest BCUT2D eigenvalue weighted by atomic mass is 9.78. The van der Waals surface area contributed by atoms with Gasteiger partial charge in [0.25, 0.3) is 0 Å². The summed E-state index contributed by atoms with van der Waals surface area (Å²) < 4.78 is 12.3. The van der Waals surface area contributed by atoms with Gasteiger partial charge in [-0.15, -0.1) is 0 Å². The molecule has 4 rings (SSSR count). The molecule has 2 aliphatic rings. The molecule has 2 aromatic carbocycles. The van der Waals surface area contributed by atoms with E-state index in [1.807, 2.05) is 12.1 Å². The summed E-state index contributed by atoms with van der Waals surface area (Å²) in [5.41, 5.74) is 2.62. The number of benzene rings is 2. The lowest BCUT2D eigenvalue weighted by Gasteiger charge is -2.30. The Morgan fingerprint density at radius 3 is 2.23 bits per heavy atom. The summed E-state index contributed by atoms with van der Waals surface area (Å²) in [5, 5.41) is 21.6. The van der Waals surface area contributed by atoms with Gasteiger partial charge >= 0.3 is 0 Å². The van der Waals surface area contributed by atoms with Gasteiger partial charge < -0.3 is 19.7 Å². The van der Waals surface area contributed by atoms with E-state index >= 15 is 0 Å². The standard InChI is InChI=1S/C22H28O4/c1-13(23)11-25-20-16-6-4-5-7-17(16)21(26-12-14(2)24)19-18(20)15-8-9-22(19,3)10-15/h4-7,13-15,23-24H,8-12H2,1-3H3. The predicted octanol–water partition coefficient (Wildman–Crippen LogP) is 3.90. The summed E-state index contributed by atoms with van der Waals surface area (Å²) in [6.07, 6.45) is 2.42. The summed E-state index contributed by atoms with van der Waals surface area (Å²) >= 11 is 0. The minimum Gasteiger partial charge on any atom is -0.490 e. The highest BCUT2D eigenvalue weighted by atomic mass is 16.5. The first-order chi connectivity index (χ1) is 12.4. The fourth-order valence-electron chi connectivity index (χ4n) is 4.81. The van der Waals surface area contributed by atoms with E-state index in [0.717, 1.165) is 35.1 Å². The zero-order valence-corrected chi connectivity index (χ0v) is 15.8. The first-order valence-electron chi connectivity index (χ1n) is 9.61. The van der Waals surface area contributed by atoms with E-state index in [0.29, 0.717) is 5.92 Å². The van der Waals surface area contributed by atoms with Crippen molar-refractivity contribution in [1.82, 2.24) is 0 Å². The van der Waals surface area contributed by atoms with Crippen molar-refractivity contribution in [3.8, 4) is 11.5 Å². The number of aliphatic hydroxyl groups is 2. The summed E-state index contributed by atoms with van der Waals surface area (Å²) in [4.78, 5) is 0. The molecule has 4 atom stereocenters. The minimum atomic E-state index is -0.512. The zero-order chi connectivity index (χ0) is 18.5. The van der Waals surface area contributed by atoms with Crippen molar-refractivity contribution in [2.45, 2.75) is 63.6 Å². The molecule has 2 aromatic rings. The van der Waals surface area contributed by atoms with E-state index in [4.69, 9.17) is 9.47 Å². The molecule has 2 N–H and O–H groups in total. The molecule has 140 valence electrons. The highest BCUT2D eigenvalue weighted by Crippen LogP contribution is 2.63. The van der Waals surface area contributed by atoms with Crippen molar-refractivity contribution in [3.05, 3.63) is 35.4 Å². The average Bonchev–Trinajstić information content (AvgIpc) is 3.12. The third-order valence-corrected chi connectivity index (χ3v) is 5.85. The molecule has 0 amide bonds. The molecule has 26 heavy (non-hydrogen) atoms. The lowest BCUT2D eigenvalue weighted by Crippen LogP contribution is -2.21. The molecule has 4 unspecified atom stereocenters. The maximum atomic E-state index is 9.75. The molecule has 0 aromatic heterocycles. The van der Waals surface area contributed by atoms with E-state index in [-0.39, 0.29) is 18.6 Å². The first kappa shape index (κ1) is 17.6. The predicted molar refractivity (Wildman–Crippen MR) is 102 cm³/mol. The number of rotatable bonds is 6. The Morgan fingerprint density at radius 1 is 1.04 bits per heavy atom. The molecular weight excluding hydrogens is 328 g/mol. The van der Waals surface area contributed by atoms with Crippen LogP contribution >= 0.6 is 0 Å². The van der Waals surface area contributed by atoms with Gasteiger partial charge in [-0.3, -0.25) is 0 Å². The van der Waals surface area contributed by atoms with Gasteiger partial charge in [-0.1, -0.05) is 31.2 Å². The van der Waals surface area contributed by atoms with Crippen LogP contribution in [0.1, 0.15) is 57.1 Å². The summed E-state index contributed by atoms with van der Waals surface area (Å²) in [6, 6.07) is 8.16. The molecule has 4 nitrogen and oxygen atoms in total. The second-order valence-corrected chi connectivity index (χ2v) is 8.31. The van der Waals surface area contributed by atoms with Crippen molar-refractivity contribution >= 4 is 10.8 Å². The molecule has 1 saturated carbocycles. The summed E-state index contributed by atoms with van der Waals surface area (Å²) in [7, 11) is 0. The molecule has 1 fully saturated rings. The fourth-order valence-corrected chi connectivity index (χ4v) is 4.81. The number of hydrogen-bond donors (Lipinski definition) is 2. The van der Waals surface area contributed by atoms with Crippen LogP contribution in [0.4, 0.5) is 0 Å². The van der Waals surface area contributed by atoms with Gasteiger partial charge in [-0.25, -0.2) is 0 Å². The van der Waals surface area contributed by atoms with Crippen LogP contribution in [0.25, 0.3) is 10.8 Å². The Bertz CT molecular complexity index is 826. The van der Waals surface area contributed by atoms with Crippen LogP contribution in [-0.4, -0.2) is 35.6 Å². The van der Waals surface area contributed by atoms with Crippen LogP contribution in [0.2, 0.25) is 0 Å². The van der Waals surface area contributed by atoms with Gasteiger partial charge in [0, 0.05) is 21.9 Å². The van der Waals surface area contributed by atoms with Crippen molar-refractivity contribution < 1.29 is 19.7 Å². The topological polar surface area (TPSA) is 58.9 Å².